The number of nitrogens with zero attached hydrogens (tertiary/aromatic N) is 1. The number of carbonyl (C=O) groups is 2. The molecular weight excluding hydrogens is 376 g/mol. The number of aromatic nitrogens is 1. The number of thiazole rings is 1. The molecule has 3 N–H and O–H groups in total. The SMILES string of the molecule is CCC(=O)Nc1nc2c(OC)cc(NC(=O)Nc3ccc(C)cc3C)cc2s1. The molecule has 2 aromatic carbocycles. The van der Waals surface area contributed by atoms with Gasteiger partial charge in [-0.15, -0.1) is 0 Å². The minimum absolute atomic E-state index is 0.107. The van der Waals surface area contributed by atoms with Gasteiger partial charge in [0.1, 0.15) is 11.3 Å². The van der Waals surface area contributed by atoms with Gasteiger partial charge < -0.3 is 20.7 Å². The van der Waals surface area contributed by atoms with Crippen LogP contribution in [0.4, 0.5) is 21.3 Å². The monoisotopic (exact) mass is 398 g/mol. The van der Waals surface area contributed by atoms with Crippen LogP contribution in [0.1, 0.15) is 24.5 Å². The molecule has 3 amide bonds. The molecular formula is C20H22N4O3S. The Kier molecular flexibility index (Phi) is 5.79. The molecule has 0 atom stereocenters. The van der Waals surface area contributed by atoms with Crippen molar-refractivity contribution in [2.45, 2.75) is 27.2 Å². The second-order valence-electron chi connectivity index (χ2n) is 6.34. The highest BCUT2D eigenvalue weighted by Gasteiger charge is 2.14. The van der Waals surface area contributed by atoms with E-state index in [-0.39, 0.29) is 11.9 Å². The van der Waals surface area contributed by atoms with Crippen molar-refractivity contribution in [2.75, 3.05) is 23.1 Å². The fourth-order valence-electron chi connectivity index (χ4n) is 2.73. The number of ether oxygens (including phenoxy) is 1. The number of methoxy groups -OCH3 is 1. The third kappa shape index (κ3) is 4.40. The molecule has 0 radical (unpaired) electrons. The van der Waals surface area contributed by atoms with Gasteiger partial charge >= 0.3 is 6.03 Å². The number of urea groups is 1. The normalized spacial score (nSPS) is 10.6. The predicted molar refractivity (Wildman–Crippen MR) is 114 cm³/mol. The standard InChI is InChI=1S/C20H22N4O3S/c1-5-17(25)23-20-24-18-15(27-4)9-13(10-16(18)28-20)21-19(26)22-14-7-6-11(2)8-12(14)3/h6-10H,5H2,1-4H3,(H2,21,22,26)(H,23,24,25). The summed E-state index contributed by atoms with van der Waals surface area (Å²) in [7, 11) is 1.54. The Morgan fingerprint density at radius 2 is 1.89 bits per heavy atom. The zero-order valence-electron chi connectivity index (χ0n) is 16.2. The Labute approximate surface area is 167 Å². The minimum Gasteiger partial charge on any atom is -0.494 e. The second kappa shape index (κ2) is 8.26. The first-order valence-corrected chi connectivity index (χ1v) is 9.65. The van der Waals surface area contributed by atoms with E-state index in [0.29, 0.717) is 28.5 Å². The van der Waals surface area contributed by atoms with Gasteiger partial charge in [0.15, 0.2) is 5.13 Å². The van der Waals surface area contributed by atoms with Crippen LogP contribution in [-0.4, -0.2) is 24.0 Å². The molecule has 3 aromatic rings. The Bertz CT molecular complexity index is 1050. The molecule has 8 heteroatoms. The summed E-state index contributed by atoms with van der Waals surface area (Å²) in [5.41, 5.74) is 4.08. The van der Waals surface area contributed by atoms with Crippen LogP contribution in [0, 0.1) is 13.8 Å². The fourth-order valence-corrected chi connectivity index (χ4v) is 3.67. The molecule has 28 heavy (non-hydrogen) atoms. The van der Waals surface area contributed by atoms with E-state index in [9.17, 15) is 9.59 Å². The molecule has 0 saturated carbocycles. The molecule has 0 aliphatic heterocycles. The van der Waals surface area contributed by atoms with E-state index in [2.05, 4.69) is 20.9 Å². The van der Waals surface area contributed by atoms with Crippen LogP contribution >= 0.6 is 11.3 Å². The summed E-state index contributed by atoms with van der Waals surface area (Å²) >= 11 is 1.33. The molecule has 0 unspecified atom stereocenters. The molecule has 0 spiro atoms. The zero-order chi connectivity index (χ0) is 20.3. The average molecular weight is 398 g/mol. The maximum atomic E-state index is 12.4. The van der Waals surface area contributed by atoms with Crippen LogP contribution in [0.3, 0.4) is 0 Å². The van der Waals surface area contributed by atoms with E-state index in [0.717, 1.165) is 21.5 Å². The third-order valence-corrected chi connectivity index (χ3v) is 5.05. The highest BCUT2D eigenvalue weighted by atomic mass is 32.1. The summed E-state index contributed by atoms with van der Waals surface area (Å²) in [4.78, 5) is 28.4. The molecule has 1 heterocycles. The van der Waals surface area contributed by atoms with Gasteiger partial charge in [0.25, 0.3) is 0 Å². The lowest BCUT2D eigenvalue weighted by atomic mass is 10.1. The smallest absolute Gasteiger partial charge is 0.323 e. The van der Waals surface area contributed by atoms with Crippen LogP contribution in [0.2, 0.25) is 0 Å². The number of carbonyl (C=O) groups excluding carboxylic acids is 2. The highest BCUT2D eigenvalue weighted by Crippen LogP contribution is 2.35. The van der Waals surface area contributed by atoms with Crippen molar-refractivity contribution in [2.24, 2.45) is 0 Å². The van der Waals surface area contributed by atoms with Gasteiger partial charge in [0.2, 0.25) is 5.91 Å². The summed E-state index contributed by atoms with van der Waals surface area (Å²) in [6.07, 6.45) is 0.373. The first-order chi connectivity index (χ1) is 13.4. The first kappa shape index (κ1) is 19.6. The van der Waals surface area contributed by atoms with Crippen LogP contribution in [0.5, 0.6) is 5.75 Å². The predicted octanol–water partition coefficient (Wildman–Crippen LogP) is 4.91. The van der Waals surface area contributed by atoms with E-state index in [1.54, 1.807) is 19.1 Å². The van der Waals surface area contributed by atoms with Crippen LogP contribution in [-0.2, 0) is 4.79 Å². The lowest BCUT2D eigenvalue weighted by molar-refractivity contribution is -0.115. The summed E-state index contributed by atoms with van der Waals surface area (Å²) in [5, 5.41) is 8.92. The summed E-state index contributed by atoms with van der Waals surface area (Å²) in [6, 6.07) is 8.99. The zero-order valence-corrected chi connectivity index (χ0v) is 17.0. The Morgan fingerprint density at radius 3 is 2.57 bits per heavy atom. The van der Waals surface area contributed by atoms with Crippen LogP contribution < -0.4 is 20.7 Å². The molecule has 0 fully saturated rings. The largest absolute Gasteiger partial charge is 0.494 e. The number of nitrogens with one attached hydrogen (secondary N) is 3. The maximum absolute atomic E-state index is 12.4. The highest BCUT2D eigenvalue weighted by molar-refractivity contribution is 7.22. The Morgan fingerprint density at radius 1 is 1.11 bits per heavy atom. The molecule has 0 bridgehead atoms. The molecule has 1 aromatic heterocycles. The molecule has 0 saturated heterocycles. The Balaban J connectivity index is 1.82. The third-order valence-electron chi connectivity index (χ3n) is 4.14. The number of rotatable bonds is 5. The van der Waals surface area contributed by atoms with Crippen molar-refractivity contribution in [3.8, 4) is 5.75 Å². The minimum atomic E-state index is -0.350. The number of anilines is 3. The topological polar surface area (TPSA) is 92.3 Å². The fraction of sp³-hybridized carbons (Fsp3) is 0.250. The van der Waals surface area contributed by atoms with E-state index in [1.807, 2.05) is 32.0 Å². The van der Waals surface area contributed by atoms with Crippen molar-refractivity contribution in [1.82, 2.24) is 4.98 Å². The molecule has 146 valence electrons. The second-order valence-corrected chi connectivity index (χ2v) is 7.37. The number of benzene rings is 2. The van der Waals surface area contributed by atoms with Crippen molar-refractivity contribution in [3.05, 3.63) is 41.5 Å². The van der Waals surface area contributed by atoms with Gasteiger partial charge in [0, 0.05) is 23.9 Å². The van der Waals surface area contributed by atoms with Crippen molar-refractivity contribution >= 4 is 50.0 Å². The summed E-state index contributed by atoms with van der Waals surface area (Å²) in [5.74, 6) is 0.414. The van der Waals surface area contributed by atoms with Gasteiger partial charge in [-0.3, -0.25) is 4.79 Å². The van der Waals surface area contributed by atoms with Crippen LogP contribution in [0.25, 0.3) is 10.2 Å². The van der Waals surface area contributed by atoms with Gasteiger partial charge in [0.05, 0.1) is 11.8 Å². The Hall–Kier alpha value is -3.13. The van der Waals surface area contributed by atoms with Gasteiger partial charge in [-0.2, -0.15) is 0 Å². The molecule has 0 aliphatic carbocycles. The average Bonchev–Trinajstić information content (AvgIpc) is 3.05. The molecule has 7 nitrogen and oxygen atoms in total. The maximum Gasteiger partial charge on any atom is 0.323 e. The summed E-state index contributed by atoms with van der Waals surface area (Å²) in [6.45, 7) is 5.73. The van der Waals surface area contributed by atoms with E-state index in [1.165, 1.54) is 18.4 Å². The number of amides is 3. The van der Waals surface area contributed by atoms with E-state index < -0.39 is 0 Å². The lowest BCUT2D eigenvalue weighted by Gasteiger charge is -2.11. The van der Waals surface area contributed by atoms with Gasteiger partial charge in [-0.1, -0.05) is 36.0 Å². The quantitative estimate of drug-likeness (QED) is 0.569. The molecule has 0 aliphatic rings. The van der Waals surface area contributed by atoms with E-state index in [4.69, 9.17) is 4.74 Å². The van der Waals surface area contributed by atoms with Crippen molar-refractivity contribution < 1.29 is 14.3 Å². The van der Waals surface area contributed by atoms with Crippen molar-refractivity contribution in [3.63, 3.8) is 0 Å². The summed E-state index contributed by atoms with van der Waals surface area (Å²) < 4.78 is 6.20. The molecule has 3 rings (SSSR count). The number of aryl methyl sites for hydroxylation is 2. The first-order valence-electron chi connectivity index (χ1n) is 8.83. The number of fused-ring (bicyclic) bond motifs is 1. The number of hydrogen-bond acceptors (Lipinski definition) is 5. The van der Waals surface area contributed by atoms with Gasteiger partial charge in [-0.05, 0) is 31.5 Å². The van der Waals surface area contributed by atoms with E-state index >= 15 is 0 Å². The lowest BCUT2D eigenvalue weighted by Crippen LogP contribution is -2.20. The van der Waals surface area contributed by atoms with Crippen molar-refractivity contribution in [1.29, 1.82) is 0 Å². The number of hydrogen-bond donors (Lipinski definition) is 3. The van der Waals surface area contributed by atoms with Gasteiger partial charge in [-0.25, -0.2) is 9.78 Å². The van der Waals surface area contributed by atoms with Crippen LogP contribution in [0.15, 0.2) is 30.3 Å².